The van der Waals surface area contributed by atoms with E-state index in [1.54, 1.807) is 12.1 Å². The van der Waals surface area contributed by atoms with Crippen molar-refractivity contribution in [2.75, 3.05) is 0 Å². The molecule has 0 fully saturated rings. The van der Waals surface area contributed by atoms with Crippen LogP contribution < -0.4 is 5.73 Å². The van der Waals surface area contributed by atoms with Gasteiger partial charge in [-0.25, -0.2) is 0 Å². The predicted octanol–water partition coefficient (Wildman–Crippen LogP) is 3.73. The molecule has 1 atom stereocenters. The Morgan fingerprint density at radius 1 is 1.40 bits per heavy atom. The van der Waals surface area contributed by atoms with Crippen molar-refractivity contribution in [3.8, 4) is 5.75 Å². The molecule has 0 saturated carbocycles. The molecule has 1 aromatic rings. The Morgan fingerprint density at radius 2 is 2.13 bits per heavy atom. The molecule has 0 aliphatic heterocycles. The molecule has 3 N–H and O–H groups in total. The number of phenols is 1. The third kappa shape index (κ3) is 3.84. The van der Waals surface area contributed by atoms with Crippen LogP contribution in [0, 0.1) is 0 Å². The van der Waals surface area contributed by atoms with E-state index in [1.807, 2.05) is 6.07 Å². The standard InChI is InChI=1S/C12H18BrNO/c1-2-3-4-5-12(14)10-8-9(15)6-7-11(10)13/h6-8,12,15H,2-5,14H2,1H3/t12-/m0/s1. The van der Waals surface area contributed by atoms with Gasteiger partial charge in [0.1, 0.15) is 5.75 Å². The largest absolute Gasteiger partial charge is 0.508 e. The number of benzene rings is 1. The van der Waals surface area contributed by atoms with Crippen LogP contribution in [0.4, 0.5) is 0 Å². The van der Waals surface area contributed by atoms with E-state index < -0.39 is 0 Å². The van der Waals surface area contributed by atoms with Crippen molar-refractivity contribution in [2.24, 2.45) is 5.73 Å². The lowest BCUT2D eigenvalue weighted by Gasteiger charge is -2.13. The van der Waals surface area contributed by atoms with E-state index in [2.05, 4.69) is 22.9 Å². The van der Waals surface area contributed by atoms with Crippen molar-refractivity contribution < 1.29 is 5.11 Å². The van der Waals surface area contributed by atoms with Gasteiger partial charge in [0.25, 0.3) is 0 Å². The average Bonchev–Trinajstić information content (AvgIpc) is 2.22. The molecule has 0 aliphatic carbocycles. The van der Waals surface area contributed by atoms with Gasteiger partial charge in [0.2, 0.25) is 0 Å². The van der Waals surface area contributed by atoms with Crippen molar-refractivity contribution in [1.82, 2.24) is 0 Å². The lowest BCUT2D eigenvalue weighted by Crippen LogP contribution is -2.10. The molecule has 0 spiro atoms. The highest BCUT2D eigenvalue weighted by molar-refractivity contribution is 9.10. The average molecular weight is 272 g/mol. The van der Waals surface area contributed by atoms with Crippen LogP contribution >= 0.6 is 15.9 Å². The van der Waals surface area contributed by atoms with Crippen molar-refractivity contribution in [2.45, 2.75) is 38.6 Å². The van der Waals surface area contributed by atoms with Crippen molar-refractivity contribution in [1.29, 1.82) is 0 Å². The molecule has 2 nitrogen and oxygen atoms in total. The van der Waals surface area contributed by atoms with E-state index in [1.165, 1.54) is 12.8 Å². The molecule has 3 heteroatoms. The van der Waals surface area contributed by atoms with Crippen LogP contribution in [0.3, 0.4) is 0 Å². The monoisotopic (exact) mass is 271 g/mol. The summed E-state index contributed by atoms with van der Waals surface area (Å²) in [6.45, 7) is 2.18. The Labute approximate surface area is 99.6 Å². The maximum atomic E-state index is 9.38. The molecule has 0 amide bonds. The summed E-state index contributed by atoms with van der Waals surface area (Å²) < 4.78 is 0.976. The first-order valence-electron chi connectivity index (χ1n) is 5.39. The number of phenolic OH excluding ortho intramolecular Hbond substituents is 1. The zero-order valence-corrected chi connectivity index (χ0v) is 10.6. The third-order valence-electron chi connectivity index (χ3n) is 2.50. The Hall–Kier alpha value is -0.540. The van der Waals surface area contributed by atoms with Gasteiger partial charge in [-0.2, -0.15) is 0 Å². The second-order valence-electron chi connectivity index (χ2n) is 3.81. The number of halogens is 1. The molecule has 1 rings (SSSR count). The van der Waals surface area contributed by atoms with Crippen LogP contribution in [0.2, 0.25) is 0 Å². The van der Waals surface area contributed by atoms with E-state index in [9.17, 15) is 5.11 Å². The van der Waals surface area contributed by atoms with Gasteiger partial charge in [0.15, 0.2) is 0 Å². The number of hydrogen-bond acceptors (Lipinski definition) is 2. The van der Waals surface area contributed by atoms with E-state index >= 15 is 0 Å². The fourth-order valence-electron chi connectivity index (χ4n) is 1.59. The molecule has 0 unspecified atom stereocenters. The lowest BCUT2D eigenvalue weighted by molar-refractivity contribution is 0.472. The van der Waals surface area contributed by atoms with Gasteiger partial charge in [-0.15, -0.1) is 0 Å². The fourth-order valence-corrected chi connectivity index (χ4v) is 2.13. The number of unbranched alkanes of at least 4 members (excludes halogenated alkanes) is 2. The van der Waals surface area contributed by atoms with Crippen molar-refractivity contribution in [3.63, 3.8) is 0 Å². The summed E-state index contributed by atoms with van der Waals surface area (Å²) in [5, 5.41) is 9.38. The van der Waals surface area contributed by atoms with Gasteiger partial charge in [-0.05, 0) is 30.2 Å². The first-order chi connectivity index (χ1) is 7.15. The zero-order valence-electron chi connectivity index (χ0n) is 9.04. The molecule has 0 saturated heterocycles. The quantitative estimate of drug-likeness (QED) is 0.802. The van der Waals surface area contributed by atoms with Crippen LogP contribution in [0.5, 0.6) is 5.75 Å². The Morgan fingerprint density at radius 3 is 2.80 bits per heavy atom. The second-order valence-corrected chi connectivity index (χ2v) is 4.66. The number of nitrogens with two attached hydrogens (primary N) is 1. The smallest absolute Gasteiger partial charge is 0.115 e. The van der Waals surface area contributed by atoms with Crippen LogP contribution in [0.1, 0.15) is 44.2 Å². The van der Waals surface area contributed by atoms with Gasteiger partial charge in [-0.1, -0.05) is 42.1 Å². The van der Waals surface area contributed by atoms with Gasteiger partial charge in [0.05, 0.1) is 0 Å². The molecule has 0 radical (unpaired) electrons. The van der Waals surface area contributed by atoms with Crippen molar-refractivity contribution in [3.05, 3.63) is 28.2 Å². The topological polar surface area (TPSA) is 46.2 Å². The van der Waals surface area contributed by atoms with Crippen LogP contribution in [-0.4, -0.2) is 5.11 Å². The Bertz CT molecular complexity index is 314. The maximum Gasteiger partial charge on any atom is 0.115 e. The number of hydrogen-bond donors (Lipinski definition) is 2. The minimum absolute atomic E-state index is 0.0121. The number of aromatic hydroxyl groups is 1. The molecule has 15 heavy (non-hydrogen) atoms. The summed E-state index contributed by atoms with van der Waals surface area (Å²) in [7, 11) is 0. The number of rotatable bonds is 5. The van der Waals surface area contributed by atoms with Crippen LogP contribution in [0.25, 0.3) is 0 Å². The summed E-state index contributed by atoms with van der Waals surface area (Å²) in [5.41, 5.74) is 7.06. The predicted molar refractivity (Wildman–Crippen MR) is 66.9 cm³/mol. The second kappa shape index (κ2) is 6.13. The van der Waals surface area contributed by atoms with E-state index in [0.29, 0.717) is 0 Å². The summed E-state index contributed by atoms with van der Waals surface area (Å²) >= 11 is 3.45. The zero-order chi connectivity index (χ0) is 11.3. The summed E-state index contributed by atoms with van der Waals surface area (Å²) in [4.78, 5) is 0. The Balaban J connectivity index is 2.64. The molecule has 0 aliphatic rings. The Kier molecular flexibility index (Phi) is 5.12. The molecule has 0 aromatic heterocycles. The van der Waals surface area contributed by atoms with Gasteiger partial charge >= 0.3 is 0 Å². The van der Waals surface area contributed by atoms with Gasteiger partial charge in [0, 0.05) is 10.5 Å². The summed E-state index contributed by atoms with van der Waals surface area (Å²) in [5.74, 6) is 0.277. The first kappa shape index (κ1) is 12.5. The minimum Gasteiger partial charge on any atom is -0.508 e. The van der Waals surface area contributed by atoms with E-state index in [0.717, 1.165) is 22.9 Å². The SMILES string of the molecule is CCCCC[C@H](N)c1cc(O)ccc1Br. The summed E-state index contributed by atoms with van der Waals surface area (Å²) in [6, 6.07) is 5.25. The normalized spacial score (nSPS) is 12.7. The van der Waals surface area contributed by atoms with E-state index in [-0.39, 0.29) is 11.8 Å². The molecule has 0 heterocycles. The van der Waals surface area contributed by atoms with Gasteiger partial charge in [-0.3, -0.25) is 0 Å². The van der Waals surface area contributed by atoms with Gasteiger partial charge < -0.3 is 10.8 Å². The highest BCUT2D eigenvalue weighted by Crippen LogP contribution is 2.28. The van der Waals surface area contributed by atoms with Crippen LogP contribution in [0.15, 0.2) is 22.7 Å². The molecule has 84 valence electrons. The molecular weight excluding hydrogens is 254 g/mol. The van der Waals surface area contributed by atoms with Crippen molar-refractivity contribution >= 4 is 15.9 Å². The van der Waals surface area contributed by atoms with Crippen LogP contribution in [-0.2, 0) is 0 Å². The molecule has 0 bridgehead atoms. The first-order valence-corrected chi connectivity index (χ1v) is 6.18. The fraction of sp³-hybridized carbons (Fsp3) is 0.500. The highest BCUT2D eigenvalue weighted by Gasteiger charge is 2.10. The minimum atomic E-state index is 0.0121. The third-order valence-corrected chi connectivity index (χ3v) is 3.22. The lowest BCUT2D eigenvalue weighted by atomic mass is 10.0. The highest BCUT2D eigenvalue weighted by atomic mass is 79.9. The summed E-state index contributed by atoms with van der Waals surface area (Å²) in [6.07, 6.45) is 4.52. The molecular formula is C12H18BrNO. The maximum absolute atomic E-state index is 9.38. The molecule has 1 aromatic carbocycles. The van der Waals surface area contributed by atoms with E-state index in [4.69, 9.17) is 5.73 Å².